The molecule has 0 aliphatic heterocycles. The predicted octanol–water partition coefficient (Wildman–Crippen LogP) is 1.06. The number of primary amides is 1. The summed E-state index contributed by atoms with van der Waals surface area (Å²) in [6, 6.07) is 4.66. The number of anilines is 2. The Kier molecular flexibility index (Phi) is 3.03. The summed E-state index contributed by atoms with van der Waals surface area (Å²) in [4.78, 5) is 19.0. The summed E-state index contributed by atoms with van der Waals surface area (Å²) in [7, 11) is 0. The summed E-state index contributed by atoms with van der Waals surface area (Å²) in [6.07, 6.45) is 1.42. The normalized spacial score (nSPS) is 10.3. The summed E-state index contributed by atoms with van der Waals surface area (Å²) in [5, 5.41) is 0.392. The molecule has 2 heterocycles. The molecule has 18 heavy (non-hydrogen) atoms. The van der Waals surface area contributed by atoms with Crippen LogP contribution in [0.4, 0.5) is 11.6 Å². The lowest BCUT2D eigenvalue weighted by Gasteiger charge is -2.07. The van der Waals surface area contributed by atoms with Crippen molar-refractivity contribution in [3.8, 4) is 11.3 Å². The van der Waals surface area contributed by atoms with Crippen molar-refractivity contribution in [3.05, 3.63) is 35.0 Å². The van der Waals surface area contributed by atoms with E-state index in [1.807, 2.05) is 0 Å². The number of pyridine rings is 2. The zero-order valence-electron chi connectivity index (χ0n) is 9.22. The van der Waals surface area contributed by atoms with Gasteiger partial charge in [0, 0.05) is 11.8 Å². The van der Waals surface area contributed by atoms with E-state index in [9.17, 15) is 4.79 Å². The molecule has 0 radical (unpaired) electrons. The van der Waals surface area contributed by atoms with Gasteiger partial charge in [-0.1, -0.05) is 11.6 Å². The molecule has 6 N–H and O–H groups in total. The number of nitrogens with zero attached hydrogens (tertiary/aromatic N) is 2. The van der Waals surface area contributed by atoms with Gasteiger partial charge in [0.25, 0.3) is 5.91 Å². The van der Waals surface area contributed by atoms with Gasteiger partial charge in [-0.3, -0.25) is 4.79 Å². The van der Waals surface area contributed by atoms with Crippen LogP contribution >= 0.6 is 11.6 Å². The molecule has 0 fully saturated rings. The van der Waals surface area contributed by atoms with Crippen LogP contribution in [-0.2, 0) is 0 Å². The first-order chi connectivity index (χ1) is 8.49. The molecular formula is C11H10ClN5O. The summed E-state index contributed by atoms with van der Waals surface area (Å²) in [6.45, 7) is 0. The molecule has 1 amide bonds. The van der Waals surface area contributed by atoms with Crippen molar-refractivity contribution in [2.75, 3.05) is 11.5 Å². The second-order valence-corrected chi connectivity index (χ2v) is 3.99. The second kappa shape index (κ2) is 4.50. The third kappa shape index (κ3) is 2.18. The zero-order chi connectivity index (χ0) is 13.3. The highest BCUT2D eigenvalue weighted by molar-refractivity contribution is 6.33. The number of rotatable bonds is 2. The molecule has 0 bridgehead atoms. The van der Waals surface area contributed by atoms with Crippen molar-refractivity contribution in [3.63, 3.8) is 0 Å². The number of hydrogen-bond acceptors (Lipinski definition) is 5. The highest BCUT2D eigenvalue weighted by atomic mass is 35.5. The minimum absolute atomic E-state index is 0.0476. The number of nitrogen functional groups attached to an aromatic ring is 2. The van der Waals surface area contributed by atoms with Gasteiger partial charge in [-0.15, -0.1) is 0 Å². The average molecular weight is 264 g/mol. The molecule has 0 aromatic carbocycles. The molecule has 0 aliphatic carbocycles. The highest BCUT2D eigenvalue weighted by Gasteiger charge is 2.11. The Hall–Kier alpha value is -2.34. The highest BCUT2D eigenvalue weighted by Crippen LogP contribution is 2.28. The number of carbonyl (C=O) groups excluding carboxylic acids is 1. The maximum atomic E-state index is 11.0. The van der Waals surface area contributed by atoms with E-state index in [0.717, 1.165) is 0 Å². The van der Waals surface area contributed by atoms with E-state index >= 15 is 0 Å². The van der Waals surface area contributed by atoms with E-state index in [1.54, 1.807) is 12.1 Å². The fourth-order valence-electron chi connectivity index (χ4n) is 1.48. The number of aromatic nitrogens is 2. The van der Waals surface area contributed by atoms with E-state index in [0.29, 0.717) is 22.1 Å². The van der Waals surface area contributed by atoms with Crippen molar-refractivity contribution in [2.24, 2.45) is 5.73 Å². The molecule has 0 aliphatic rings. The Morgan fingerprint density at radius 1 is 1.28 bits per heavy atom. The van der Waals surface area contributed by atoms with Gasteiger partial charge in [-0.25, -0.2) is 9.97 Å². The quantitative estimate of drug-likeness (QED) is 0.748. The molecule has 2 aromatic rings. The Morgan fingerprint density at radius 2 is 2.00 bits per heavy atom. The van der Waals surface area contributed by atoms with Crippen molar-refractivity contribution < 1.29 is 4.79 Å². The minimum atomic E-state index is -0.633. The maximum Gasteiger partial charge on any atom is 0.252 e. The van der Waals surface area contributed by atoms with Crippen LogP contribution in [-0.4, -0.2) is 15.9 Å². The van der Waals surface area contributed by atoms with Gasteiger partial charge in [-0.05, 0) is 18.2 Å². The van der Waals surface area contributed by atoms with Crippen molar-refractivity contribution in [1.82, 2.24) is 9.97 Å². The smallest absolute Gasteiger partial charge is 0.252 e. The molecule has 0 saturated heterocycles. The summed E-state index contributed by atoms with van der Waals surface area (Å²) in [5.41, 5.74) is 17.6. The van der Waals surface area contributed by atoms with Gasteiger partial charge < -0.3 is 17.2 Å². The van der Waals surface area contributed by atoms with Gasteiger partial charge >= 0.3 is 0 Å². The predicted molar refractivity (Wildman–Crippen MR) is 69.8 cm³/mol. The van der Waals surface area contributed by atoms with E-state index in [-0.39, 0.29) is 11.4 Å². The number of nitrogens with two attached hydrogens (primary N) is 3. The van der Waals surface area contributed by atoms with Crippen LogP contribution < -0.4 is 17.2 Å². The number of amides is 1. The summed E-state index contributed by atoms with van der Waals surface area (Å²) in [5.74, 6) is -0.271. The van der Waals surface area contributed by atoms with E-state index in [4.69, 9.17) is 28.8 Å². The maximum absolute atomic E-state index is 11.0. The largest absolute Gasteiger partial charge is 0.384 e. The van der Waals surface area contributed by atoms with Crippen LogP contribution in [0.2, 0.25) is 5.02 Å². The molecule has 0 saturated carbocycles. The second-order valence-electron chi connectivity index (χ2n) is 3.58. The fourth-order valence-corrected chi connectivity index (χ4v) is 1.68. The van der Waals surface area contributed by atoms with Gasteiger partial charge in [0.2, 0.25) is 0 Å². The fraction of sp³-hybridized carbons (Fsp3) is 0. The van der Waals surface area contributed by atoms with Crippen molar-refractivity contribution in [2.45, 2.75) is 0 Å². The van der Waals surface area contributed by atoms with Crippen LogP contribution in [0, 0.1) is 0 Å². The molecule has 7 heteroatoms. The molecule has 0 spiro atoms. The van der Waals surface area contributed by atoms with Crippen molar-refractivity contribution >= 4 is 29.1 Å². The molecule has 92 valence electrons. The Balaban J connectivity index is 2.55. The molecule has 2 rings (SSSR count). The van der Waals surface area contributed by atoms with Crippen LogP contribution in [0.25, 0.3) is 11.3 Å². The lowest BCUT2D eigenvalue weighted by molar-refractivity contribution is 0.100. The van der Waals surface area contributed by atoms with E-state index in [1.165, 1.54) is 12.3 Å². The van der Waals surface area contributed by atoms with Crippen molar-refractivity contribution in [1.29, 1.82) is 0 Å². The number of hydrogen-bond donors (Lipinski definition) is 3. The zero-order valence-corrected chi connectivity index (χ0v) is 9.98. The minimum Gasteiger partial charge on any atom is -0.384 e. The Labute approximate surface area is 108 Å². The summed E-state index contributed by atoms with van der Waals surface area (Å²) >= 11 is 5.99. The third-order valence-corrected chi connectivity index (χ3v) is 2.64. The van der Waals surface area contributed by atoms with Crippen LogP contribution in [0.15, 0.2) is 24.4 Å². The lowest BCUT2D eigenvalue weighted by Crippen LogP contribution is -2.14. The average Bonchev–Trinajstić information content (AvgIpc) is 2.31. The lowest BCUT2D eigenvalue weighted by atomic mass is 10.1. The number of halogens is 1. The van der Waals surface area contributed by atoms with Gasteiger partial charge in [0.1, 0.15) is 11.6 Å². The summed E-state index contributed by atoms with van der Waals surface area (Å²) < 4.78 is 0. The van der Waals surface area contributed by atoms with Gasteiger partial charge in [-0.2, -0.15) is 0 Å². The molecule has 6 nitrogen and oxygen atoms in total. The number of carbonyl (C=O) groups is 1. The molecule has 0 atom stereocenters. The Bertz CT molecular complexity index is 629. The molecule has 2 aromatic heterocycles. The molecular weight excluding hydrogens is 254 g/mol. The first-order valence-electron chi connectivity index (χ1n) is 4.96. The van der Waals surface area contributed by atoms with E-state index < -0.39 is 5.91 Å². The SMILES string of the molecule is NC(=O)c1ccc(-c2cc(N)ncc2Cl)nc1N. The first kappa shape index (κ1) is 12.1. The Morgan fingerprint density at radius 3 is 2.61 bits per heavy atom. The van der Waals surface area contributed by atoms with E-state index in [2.05, 4.69) is 9.97 Å². The third-order valence-electron chi connectivity index (χ3n) is 2.34. The monoisotopic (exact) mass is 263 g/mol. The first-order valence-corrected chi connectivity index (χ1v) is 5.34. The molecule has 0 unspecified atom stereocenters. The standard InChI is InChI=1S/C11H10ClN5O/c12-7-4-16-9(13)3-6(7)8-2-1-5(11(15)18)10(14)17-8/h1-4H,(H2,13,16)(H2,14,17)(H2,15,18). The van der Waals surface area contributed by atoms with Gasteiger partial charge in [0.15, 0.2) is 0 Å². The van der Waals surface area contributed by atoms with Crippen LogP contribution in [0.1, 0.15) is 10.4 Å². The van der Waals surface area contributed by atoms with Crippen LogP contribution in [0.5, 0.6) is 0 Å². The van der Waals surface area contributed by atoms with Crippen LogP contribution in [0.3, 0.4) is 0 Å². The topological polar surface area (TPSA) is 121 Å². The van der Waals surface area contributed by atoms with Gasteiger partial charge in [0.05, 0.1) is 16.3 Å².